The predicted molar refractivity (Wildman–Crippen MR) is 135 cm³/mol. The number of carbonyl (C=O) groups excluding carboxylic acids is 2. The number of hydrogen-bond donors (Lipinski definition) is 1. The molecule has 3 aromatic carbocycles. The number of carbonyl (C=O) groups is 2. The first-order valence-corrected chi connectivity index (χ1v) is 11.6. The molecule has 6 nitrogen and oxygen atoms in total. The van der Waals surface area contributed by atoms with Gasteiger partial charge in [-0.3, -0.25) is 9.59 Å². The fourth-order valence-electron chi connectivity index (χ4n) is 4.32. The van der Waals surface area contributed by atoms with Crippen molar-refractivity contribution in [3.05, 3.63) is 99.6 Å². The molecule has 7 heteroatoms. The van der Waals surface area contributed by atoms with Crippen molar-refractivity contribution >= 4 is 29.1 Å². The van der Waals surface area contributed by atoms with Crippen molar-refractivity contribution in [2.45, 2.75) is 26.4 Å². The monoisotopic (exact) mass is 491 g/mol. The molecule has 0 bridgehead atoms. The molecule has 1 aliphatic rings. The number of benzene rings is 3. The number of aliphatic hydroxyl groups is 1. The topological polar surface area (TPSA) is 76.1 Å². The fraction of sp³-hybridized carbons (Fsp3) is 0.214. The van der Waals surface area contributed by atoms with Gasteiger partial charge >= 0.3 is 0 Å². The van der Waals surface area contributed by atoms with Crippen LogP contribution in [-0.2, 0) is 16.1 Å². The second-order valence-electron chi connectivity index (χ2n) is 8.20. The number of amides is 1. The SMILES string of the molecule is CCOc1ccc(/C(O)=C2/C(=O)C(=O)N(Cc3ccccc3OC)C2c2ccc(Cl)cc2)cc1C. The molecule has 0 spiro atoms. The molecule has 1 fully saturated rings. The van der Waals surface area contributed by atoms with Gasteiger partial charge in [0.25, 0.3) is 11.7 Å². The molecule has 0 radical (unpaired) electrons. The highest BCUT2D eigenvalue weighted by atomic mass is 35.5. The Hall–Kier alpha value is -3.77. The highest BCUT2D eigenvalue weighted by Crippen LogP contribution is 2.41. The molecule has 1 unspecified atom stereocenters. The van der Waals surface area contributed by atoms with Gasteiger partial charge in [-0.25, -0.2) is 0 Å². The zero-order valence-corrected chi connectivity index (χ0v) is 20.5. The summed E-state index contributed by atoms with van der Waals surface area (Å²) in [4.78, 5) is 28.0. The normalized spacial score (nSPS) is 17.0. The quantitative estimate of drug-likeness (QED) is 0.261. The number of hydrogen-bond acceptors (Lipinski definition) is 5. The molecule has 1 N–H and O–H groups in total. The maximum Gasteiger partial charge on any atom is 0.295 e. The molecule has 1 amide bonds. The highest BCUT2D eigenvalue weighted by molar-refractivity contribution is 6.46. The van der Waals surface area contributed by atoms with Gasteiger partial charge in [-0.2, -0.15) is 0 Å². The van der Waals surface area contributed by atoms with Crippen LogP contribution in [0, 0.1) is 6.92 Å². The van der Waals surface area contributed by atoms with Gasteiger partial charge in [-0.15, -0.1) is 0 Å². The third-order valence-corrected chi connectivity index (χ3v) is 6.26. The molecule has 1 heterocycles. The van der Waals surface area contributed by atoms with Crippen molar-refractivity contribution in [1.29, 1.82) is 0 Å². The zero-order chi connectivity index (χ0) is 25.1. The number of likely N-dealkylation sites (tertiary alicyclic amines) is 1. The minimum atomic E-state index is -0.802. The number of methoxy groups -OCH3 is 1. The number of nitrogens with zero attached hydrogens (tertiary/aromatic N) is 1. The Morgan fingerprint density at radius 3 is 2.40 bits per heavy atom. The first-order valence-electron chi connectivity index (χ1n) is 11.2. The third kappa shape index (κ3) is 4.75. The van der Waals surface area contributed by atoms with E-state index in [9.17, 15) is 14.7 Å². The molecule has 3 aromatic rings. The summed E-state index contributed by atoms with van der Waals surface area (Å²) in [5, 5.41) is 11.8. The number of rotatable bonds is 7. The van der Waals surface area contributed by atoms with E-state index in [0.717, 1.165) is 11.1 Å². The van der Waals surface area contributed by atoms with E-state index in [1.54, 1.807) is 55.6 Å². The van der Waals surface area contributed by atoms with Gasteiger partial charge in [0, 0.05) is 16.1 Å². The van der Waals surface area contributed by atoms with Crippen LogP contribution in [0.15, 0.2) is 72.3 Å². The molecule has 1 aliphatic heterocycles. The van der Waals surface area contributed by atoms with Crippen molar-refractivity contribution < 1.29 is 24.2 Å². The second kappa shape index (κ2) is 10.2. The minimum Gasteiger partial charge on any atom is -0.507 e. The van der Waals surface area contributed by atoms with Gasteiger partial charge in [0.05, 0.1) is 31.9 Å². The van der Waals surface area contributed by atoms with Gasteiger partial charge in [-0.1, -0.05) is 41.9 Å². The van der Waals surface area contributed by atoms with E-state index in [2.05, 4.69) is 0 Å². The Labute approximate surface area is 209 Å². The molecule has 0 saturated carbocycles. The average Bonchev–Trinajstić information content (AvgIpc) is 3.10. The van der Waals surface area contributed by atoms with Gasteiger partial charge in [0.1, 0.15) is 17.3 Å². The lowest BCUT2D eigenvalue weighted by Gasteiger charge is -2.26. The molecule has 35 heavy (non-hydrogen) atoms. The maximum atomic E-state index is 13.3. The number of para-hydroxylation sites is 1. The van der Waals surface area contributed by atoms with E-state index in [-0.39, 0.29) is 17.9 Å². The lowest BCUT2D eigenvalue weighted by Crippen LogP contribution is -2.29. The van der Waals surface area contributed by atoms with E-state index in [1.165, 1.54) is 4.90 Å². The number of ketones is 1. The molecule has 1 atom stereocenters. The summed E-state index contributed by atoms with van der Waals surface area (Å²) in [6, 6.07) is 18.6. The summed E-state index contributed by atoms with van der Waals surface area (Å²) < 4.78 is 11.0. The first kappa shape index (κ1) is 24.4. The van der Waals surface area contributed by atoms with E-state index < -0.39 is 17.7 Å². The van der Waals surface area contributed by atoms with E-state index in [4.69, 9.17) is 21.1 Å². The minimum absolute atomic E-state index is 0.0239. The van der Waals surface area contributed by atoms with Crippen LogP contribution in [0.1, 0.15) is 35.2 Å². The Morgan fingerprint density at radius 2 is 1.74 bits per heavy atom. The predicted octanol–water partition coefficient (Wildman–Crippen LogP) is 5.68. The van der Waals surface area contributed by atoms with Crippen LogP contribution in [0.5, 0.6) is 11.5 Å². The third-order valence-electron chi connectivity index (χ3n) is 6.01. The Balaban J connectivity index is 1.85. The zero-order valence-electron chi connectivity index (χ0n) is 19.7. The summed E-state index contributed by atoms with van der Waals surface area (Å²) in [7, 11) is 1.55. The van der Waals surface area contributed by atoms with Gasteiger partial charge in [-0.05, 0) is 61.4 Å². The molecule has 4 rings (SSSR count). The number of ether oxygens (including phenoxy) is 2. The van der Waals surface area contributed by atoms with Gasteiger partial charge < -0.3 is 19.5 Å². The average molecular weight is 492 g/mol. The summed E-state index contributed by atoms with van der Waals surface area (Å²) in [6.07, 6.45) is 0. The summed E-state index contributed by atoms with van der Waals surface area (Å²) in [6.45, 7) is 4.39. The Bertz CT molecular complexity index is 1300. The number of Topliss-reactive ketones (excluding diaryl/α,β-unsaturated/α-hetero) is 1. The lowest BCUT2D eigenvalue weighted by molar-refractivity contribution is -0.140. The van der Waals surface area contributed by atoms with Gasteiger partial charge in [0.2, 0.25) is 0 Å². The second-order valence-corrected chi connectivity index (χ2v) is 8.64. The van der Waals surface area contributed by atoms with Crippen LogP contribution < -0.4 is 9.47 Å². The number of aryl methyl sites for hydroxylation is 1. The van der Waals surface area contributed by atoms with Crippen molar-refractivity contribution in [3.8, 4) is 11.5 Å². The molecular formula is C28H26ClNO5. The van der Waals surface area contributed by atoms with Crippen molar-refractivity contribution in [2.24, 2.45) is 0 Å². The Morgan fingerprint density at radius 1 is 1.03 bits per heavy atom. The Kier molecular flexibility index (Phi) is 7.12. The molecular weight excluding hydrogens is 466 g/mol. The van der Waals surface area contributed by atoms with Crippen LogP contribution in [0.25, 0.3) is 5.76 Å². The number of aliphatic hydroxyl groups excluding tert-OH is 1. The van der Waals surface area contributed by atoms with Crippen LogP contribution >= 0.6 is 11.6 Å². The summed E-state index contributed by atoms with van der Waals surface area (Å²) in [5.74, 6) is -0.387. The standard InChI is InChI=1S/C28H26ClNO5/c1-4-35-22-14-11-19(15-17(22)2)26(31)24-25(18-9-12-21(29)13-10-18)30(28(33)27(24)32)16-20-7-5-6-8-23(20)34-3/h5-15,25,31H,4,16H2,1-3H3/b26-24-. The van der Waals surface area contributed by atoms with Gasteiger partial charge in [0.15, 0.2) is 0 Å². The molecule has 0 aliphatic carbocycles. The maximum absolute atomic E-state index is 13.3. The number of halogens is 1. The smallest absolute Gasteiger partial charge is 0.295 e. The fourth-order valence-corrected chi connectivity index (χ4v) is 4.45. The molecule has 1 saturated heterocycles. The van der Waals surface area contributed by atoms with Crippen molar-refractivity contribution in [1.82, 2.24) is 4.90 Å². The molecule has 180 valence electrons. The summed E-state index contributed by atoms with van der Waals surface area (Å²) in [5.41, 5.74) is 2.67. The van der Waals surface area contributed by atoms with Crippen LogP contribution in [0.3, 0.4) is 0 Å². The van der Waals surface area contributed by atoms with E-state index in [0.29, 0.717) is 34.3 Å². The lowest BCUT2D eigenvalue weighted by atomic mass is 9.94. The van der Waals surface area contributed by atoms with E-state index >= 15 is 0 Å². The largest absolute Gasteiger partial charge is 0.507 e. The summed E-state index contributed by atoms with van der Waals surface area (Å²) >= 11 is 6.10. The highest BCUT2D eigenvalue weighted by Gasteiger charge is 2.46. The van der Waals surface area contributed by atoms with Crippen LogP contribution in [0.2, 0.25) is 5.02 Å². The van der Waals surface area contributed by atoms with Crippen LogP contribution in [-0.4, -0.2) is 35.4 Å². The molecule has 0 aromatic heterocycles. The first-order chi connectivity index (χ1) is 16.8. The van der Waals surface area contributed by atoms with Crippen molar-refractivity contribution in [2.75, 3.05) is 13.7 Å². The van der Waals surface area contributed by atoms with E-state index in [1.807, 2.05) is 32.0 Å². The van der Waals surface area contributed by atoms with Crippen LogP contribution in [0.4, 0.5) is 0 Å². The van der Waals surface area contributed by atoms with Crippen molar-refractivity contribution in [3.63, 3.8) is 0 Å².